The van der Waals surface area contributed by atoms with Crippen LogP contribution in [0.1, 0.15) is 409 Å². The first-order valence-corrected chi connectivity index (χ1v) is 44.2. The third-order valence-electron chi connectivity index (χ3n) is 18.9. The summed E-state index contributed by atoms with van der Waals surface area (Å²) in [4.78, 5) is 73.0. The summed E-state index contributed by atoms with van der Waals surface area (Å²) in [5, 5.41) is 10.6. The molecule has 0 bridgehead atoms. The van der Waals surface area contributed by atoms with E-state index in [-0.39, 0.29) is 25.7 Å². The maximum atomic E-state index is 13.1. The largest absolute Gasteiger partial charge is 0.472 e. The first-order valence-electron chi connectivity index (χ1n) is 41.2. The predicted octanol–water partition coefficient (Wildman–Crippen LogP) is 23.6. The highest BCUT2D eigenvalue weighted by Gasteiger charge is 2.30. The highest BCUT2D eigenvalue weighted by atomic mass is 31.2. The number of esters is 4. The first-order chi connectivity index (χ1) is 47.6. The number of carbonyl (C=O) groups is 4. The molecule has 0 aliphatic carbocycles. The van der Waals surface area contributed by atoms with E-state index in [0.29, 0.717) is 25.7 Å². The Hall–Kier alpha value is -1.94. The summed E-state index contributed by atoms with van der Waals surface area (Å²) in [6.07, 6.45) is 55.4. The molecule has 0 aromatic heterocycles. The fraction of sp³-hybridized carbons (Fsp3) is 0.950. The molecule has 19 heteroatoms. The van der Waals surface area contributed by atoms with Crippen LogP contribution in [0.5, 0.6) is 0 Å². The van der Waals surface area contributed by atoms with Gasteiger partial charge in [-0.3, -0.25) is 37.3 Å². The Morgan fingerprint density at radius 3 is 0.717 bits per heavy atom. The summed E-state index contributed by atoms with van der Waals surface area (Å²) in [7, 11) is -9.92. The average Bonchev–Trinajstić information content (AvgIpc) is 1.03. The van der Waals surface area contributed by atoms with Crippen molar-refractivity contribution in [1.82, 2.24) is 0 Å². The van der Waals surface area contributed by atoms with Gasteiger partial charge in [0.05, 0.1) is 26.4 Å². The SMILES string of the molecule is CCC(C)CCCCCCCCCCCCCCCCC(=O)O[C@H](COC(=O)CCCCCCCCCCCCCCC(C)C)COP(=O)(O)OC[C@@H](O)COP(=O)(O)OC[C@@H](COC(=O)CCCCCCCCCCC(C)C)OC(=O)CCCCCCCCCCCCCCC(C)C. The van der Waals surface area contributed by atoms with E-state index in [4.69, 9.17) is 37.0 Å². The van der Waals surface area contributed by atoms with Crippen molar-refractivity contribution in [3.05, 3.63) is 0 Å². The van der Waals surface area contributed by atoms with E-state index < -0.39 is 97.5 Å². The quantitative estimate of drug-likeness (QED) is 0.0222. The summed E-state index contributed by atoms with van der Waals surface area (Å²) < 4.78 is 68.7. The van der Waals surface area contributed by atoms with Crippen molar-refractivity contribution in [3.8, 4) is 0 Å². The molecule has 0 spiro atoms. The van der Waals surface area contributed by atoms with Gasteiger partial charge in [-0.15, -0.1) is 0 Å². The van der Waals surface area contributed by atoms with Crippen LogP contribution in [0.25, 0.3) is 0 Å². The van der Waals surface area contributed by atoms with Gasteiger partial charge < -0.3 is 33.8 Å². The van der Waals surface area contributed by atoms with Crippen LogP contribution in [0.2, 0.25) is 0 Å². The number of aliphatic hydroxyl groups excluding tert-OH is 1. The van der Waals surface area contributed by atoms with Crippen molar-refractivity contribution in [2.24, 2.45) is 23.7 Å². The van der Waals surface area contributed by atoms with Crippen LogP contribution in [0.15, 0.2) is 0 Å². The molecule has 588 valence electrons. The van der Waals surface area contributed by atoms with E-state index in [9.17, 15) is 43.2 Å². The summed E-state index contributed by atoms with van der Waals surface area (Å²) in [6, 6.07) is 0. The highest BCUT2D eigenvalue weighted by molar-refractivity contribution is 7.47. The van der Waals surface area contributed by atoms with Crippen molar-refractivity contribution < 1.29 is 80.2 Å². The smallest absolute Gasteiger partial charge is 0.462 e. The van der Waals surface area contributed by atoms with Crippen LogP contribution in [0, 0.1) is 23.7 Å². The predicted molar refractivity (Wildman–Crippen MR) is 404 cm³/mol. The average molecular weight is 1450 g/mol. The zero-order valence-electron chi connectivity index (χ0n) is 65.1. The lowest BCUT2D eigenvalue weighted by atomic mass is 9.99. The molecular formula is C80H156O17P2. The van der Waals surface area contributed by atoms with Crippen molar-refractivity contribution in [1.29, 1.82) is 0 Å². The second kappa shape index (κ2) is 69.1. The maximum Gasteiger partial charge on any atom is 0.472 e. The second-order valence-corrected chi connectivity index (χ2v) is 33.4. The Labute approximate surface area is 607 Å². The molecule has 0 amide bonds. The molecule has 0 radical (unpaired) electrons. The Morgan fingerprint density at radius 1 is 0.283 bits per heavy atom. The molecule has 0 heterocycles. The topological polar surface area (TPSA) is 237 Å². The molecule has 3 N–H and O–H groups in total. The van der Waals surface area contributed by atoms with Gasteiger partial charge in [-0.2, -0.15) is 0 Å². The van der Waals surface area contributed by atoms with E-state index >= 15 is 0 Å². The highest BCUT2D eigenvalue weighted by Crippen LogP contribution is 2.45. The number of carbonyl (C=O) groups excluding carboxylic acids is 4. The van der Waals surface area contributed by atoms with Crippen LogP contribution < -0.4 is 0 Å². The number of phosphoric ester groups is 2. The Morgan fingerprint density at radius 2 is 0.485 bits per heavy atom. The minimum Gasteiger partial charge on any atom is -0.462 e. The van der Waals surface area contributed by atoms with Gasteiger partial charge in [-0.25, -0.2) is 9.13 Å². The molecule has 0 aromatic rings. The molecule has 0 saturated heterocycles. The fourth-order valence-electron chi connectivity index (χ4n) is 12.2. The molecule has 0 aliphatic rings. The van der Waals surface area contributed by atoms with Gasteiger partial charge in [-0.05, 0) is 49.4 Å². The summed E-state index contributed by atoms with van der Waals surface area (Å²) >= 11 is 0. The molecule has 0 fully saturated rings. The Bertz CT molecular complexity index is 1940. The lowest BCUT2D eigenvalue weighted by Gasteiger charge is -2.21. The van der Waals surface area contributed by atoms with Gasteiger partial charge >= 0.3 is 39.5 Å². The number of phosphoric acid groups is 2. The van der Waals surface area contributed by atoms with Crippen LogP contribution in [0.3, 0.4) is 0 Å². The van der Waals surface area contributed by atoms with Crippen LogP contribution in [-0.2, 0) is 65.4 Å². The summed E-state index contributed by atoms with van der Waals surface area (Å²) in [5.41, 5.74) is 0. The van der Waals surface area contributed by atoms with Gasteiger partial charge in [0.2, 0.25) is 0 Å². The third-order valence-corrected chi connectivity index (χ3v) is 20.8. The van der Waals surface area contributed by atoms with E-state index in [0.717, 1.165) is 114 Å². The number of unbranched alkanes of at least 4 members (excludes halogenated alkanes) is 42. The molecule has 6 atom stereocenters. The number of aliphatic hydroxyl groups is 1. The molecule has 3 unspecified atom stereocenters. The van der Waals surface area contributed by atoms with Gasteiger partial charge in [0, 0.05) is 25.7 Å². The van der Waals surface area contributed by atoms with Crippen LogP contribution in [0.4, 0.5) is 0 Å². The van der Waals surface area contributed by atoms with Crippen molar-refractivity contribution in [2.45, 2.75) is 427 Å². The molecule has 17 nitrogen and oxygen atoms in total. The maximum absolute atomic E-state index is 13.1. The fourth-order valence-corrected chi connectivity index (χ4v) is 13.8. The Kier molecular flexibility index (Phi) is 67.8. The molecule has 99 heavy (non-hydrogen) atoms. The van der Waals surface area contributed by atoms with E-state index in [1.54, 1.807) is 0 Å². The molecule has 0 aliphatic heterocycles. The molecular weight excluding hydrogens is 1290 g/mol. The van der Waals surface area contributed by atoms with Gasteiger partial charge in [0.25, 0.3) is 0 Å². The van der Waals surface area contributed by atoms with E-state index in [1.165, 1.54) is 212 Å². The van der Waals surface area contributed by atoms with Crippen LogP contribution >= 0.6 is 15.6 Å². The standard InChI is InChI=1S/C80H156O17P2/c1-9-73(8)59-51-43-35-26-20-12-10-11-13-22-28-38-46-54-62-79(84)96-75(66-90-77(82)60-52-44-36-27-21-16-14-18-24-32-40-48-56-70(2)3)68-94-98(86,87)92-64-74(81)65-93-99(88,89)95-69-76(67-91-78(83)61-53-45-37-31-30-34-42-50-58-72(6)7)97-80(85)63-55-47-39-29-23-17-15-19-25-33-41-49-57-71(4)5/h70-76,81H,9-69H2,1-8H3,(H,86,87)(H,88,89)/t73?,74-,75-,76-/m1/s1. The monoisotopic (exact) mass is 1450 g/mol. The molecule has 0 saturated carbocycles. The molecule has 0 rings (SSSR count). The Balaban J connectivity index is 5.27. The third kappa shape index (κ3) is 72.8. The lowest BCUT2D eigenvalue weighted by molar-refractivity contribution is -0.161. The van der Waals surface area contributed by atoms with Crippen molar-refractivity contribution in [3.63, 3.8) is 0 Å². The zero-order valence-corrected chi connectivity index (χ0v) is 66.9. The van der Waals surface area contributed by atoms with E-state index in [2.05, 4.69) is 55.4 Å². The summed E-state index contributed by atoms with van der Waals surface area (Å²) in [6.45, 7) is 14.3. The van der Waals surface area contributed by atoms with Gasteiger partial charge in [0.15, 0.2) is 12.2 Å². The number of rotatable bonds is 77. The number of ether oxygens (including phenoxy) is 4. The molecule has 0 aromatic carbocycles. The first kappa shape index (κ1) is 97.1. The summed E-state index contributed by atoms with van der Waals surface area (Å²) in [5.74, 6) is 1.02. The minimum absolute atomic E-state index is 0.106. The number of hydrogen-bond acceptors (Lipinski definition) is 15. The van der Waals surface area contributed by atoms with Crippen molar-refractivity contribution >= 4 is 39.5 Å². The van der Waals surface area contributed by atoms with Crippen molar-refractivity contribution in [2.75, 3.05) is 39.6 Å². The van der Waals surface area contributed by atoms with Crippen LogP contribution in [-0.4, -0.2) is 96.7 Å². The van der Waals surface area contributed by atoms with E-state index in [1.807, 2.05) is 0 Å². The number of hydrogen-bond donors (Lipinski definition) is 3. The second-order valence-electron chi connectivity index (χ2n) is 30.5. The minimum atomic E-state index is -4.96. The van der Waals surface area contributed by atoms with Gasteiger partial charge in [0.1, 0.15) is 19.3 Å². The zero-order chi connectivity index (χ0) is 73.1. The normalized spacial score (nSPS) is 14.3. The van der Waals surface area contributed by atoms with Gasteiger partial charge in [-0.1, -0.05) is 357 Å². The lowest BCUT2D eigenvalue weighted by Crippen LogP contribution is -2.30.